The Kier molecular flexibility index (Phi) is 5.03. The molecule has 0 saturated carbocycles. The van der Waals surface area contributed by atoms with Gasteiger partial charge in [0, 0.05) is 33.4 Å². The molecule has 0 fully saturated rings. The molecule has 0 aliphatic carbocycles. The van der Waals surface area contributed by atoms with Crippen molar-refractivity contribution in [3.05, 3.63) is 70.9 Å². The van der Waals surface area contributed by atoms with Crippen LogP contribution in [0.15, 0.2) is 60.3 Å². The molecule has 0 radical (unpaired) electrons. The van der Waals surface area contributed by atoms with Crippen LogP contribution >= 0.6 is 11.6 Å². The van der Waals surface area contributed by atoms with E-state index in [1.54, 1.807) is 35.0 Å². The highest BCUT2D eigenvalue weighted by atomic mass is 35.5. The second-order valence-corrected chi connectivity index (χ2v) is 5.95. The van der Waals surface area contributed by atoms with Crippen LogP contribution in [0.3, 0.4) is 0 Å². The van der Waals surface area contributed by atoms with Crippen LogP contribution in [0.5, 0.6) is 0 Å². The van der Waals surface area contributed by atoms with E-state index in [0.29, 0.717) is 16.3 Å². The van der Waals surface area contributed by atoms with Gasteiger partial charge in [-0.2, -0.15) is 10.5 Å². The van der Waals surface area contributed by atoms with E-state index in [0.717, 1.165) is 10.9 Å². The van der Waals surface area contributed by atoms with Crippen LogP contribution < -0.4 is 5.32 Å². The monoisotopic (exact) mass is 360 g/mol. The number of halogens is 1. The maximum atomic E-state index is 12.4. The van der Waals surface area contributed by atoms with Crippen molar-refractivity contribution in [1.29, 1.82) is 10.5 Å². The number of nitrogens with one attached hydrogen (secondary N) is 1. The summed E-state index contributed by atoms with van der Waals surface area (Å²) in [6.07, 6.45) is 3.29. The van der Waals surface area contributed by atoms with Crippen molar-refractivity contribution in [2.75, 3.05) is 5.32 Å². The average Bonchev–Trinajstić information content (AvgIpc) is 2.99. The second-order valence-electron chi connectivity index (χ2n) is 5.52. The van der Waals surface area contributed by atoms with Gasteiger partial charge in [-0.3, -0.25) is 4.79 Å². The number of aromatic nitrogens is 1. The topological polar surface area (TPSA) is 81.6 Å². The predicted octanol–water partition coefficient (Wildman–Crippen LogP) is 4.36. The van der Waals surface area contributed by atoms with Gasteiger partial charge in [0.25, 0.3) is 5.91 Å². The van der Waals surface area contributed by atoms with Gasteiger partial charge in [-0.25, -0.2) is 0 Å². The second kappa shape index (κ2) is 7.57. The van der Waals surface area contributed by atoms with Gasteiger partial charge in [0.1, 0.15) is 18.2 Å². The van der Waals surface area contributed by atoms with E-state index < -0.39 is 5.91 Å². The maximum absolute atomic E-state index is 12.4. The smallest absolute Gasteiger partial charge is 0.266 e. The average molecular weight is 361 g/mol. The highest BCUT2D eigenvalue weighted by molar-refractivity contribution is 6.30. The molecule has 3 rings (SSSR count). The number of carbonyl (C=O) groups is 1. The maximum Gasteiger partial charge on any atom is 0.266 e. The molecule has 0 aliphatic rings. The van der Waals surface area contributed by atoms with Crippen molar-refractivity contribution in [2.24, 2.45) is 0 Å². The summed E-state index contributed by atoms with van der Waals surface area (Å²) in [5.41, 5.74) is 2.10. The number of anilines is 1. The van der Waals surface area contributed by atoms with Crippen molar-refractivity contribution in [3.8, 4) is 12.1 Å². The number of hydrogen-bond donors (Lipinski definition) is 1. The fourth-order valence-electron chi connectivity index (χ4n) is 2.63. The van der Waals surface area contributed by atoms with E-state index in [-0.39, 0.29) is 12.1 Å². The van der Waals surface area contributed by atoms with Crippen LogP contribution in [0.4, 0.5) is 5.69 Å². The normalized spacial score (nSPS) is 11.0. The third-order valence-corrected chi connectivity index (χ3v) is 4.08. The summed E-state index contributed by atoms with van der Waals surface area (Å²) in [6, 6.07) is 18.2. The molecule has 6 heteroatoms. The van der Waals surface area contributed by atoms with Gasteiger partial charge in [0.15, 0.2) is 0 Å². The van der Waals surface area contributed by atoms with Crippen LogP contribution in [0.1, 0.15) is 5.56 Å². The number of benzene rings is 2. The molecule has 0 spiro atoms. The minimum Gasteiger partial charge on any atom is -0.333 e. The number of rotatable bonds is 4. The minimum atomic E-state index is -0.507. The summed E-state index contributed by atoms with van der Waals surface area (Å²) >= 11 is 5.83. The molecule has 2 aromatic carbocycles. The van der Waals surface area contributed by atoms with Crippen LogP contribution in [0, 0.1) is 22.7 Å². The number of nitriles is 2. The van der Waals surface area contributed by atoms with Gasteiger partial charge in [0.2, 0.25) is 0 Å². The zero-order chi connectivity index (χ0) is 18.5. The third kappa shape index (κ3) is 3.59. The molecule has 1 amide bonds. The van der Waals surface area contributed by atoms with Crippen LogP contribution in [0.25, 0.3) is 17.0 Å². The Hall–Kier alpha value is -3.54. The fourth-order valence-corrected chi connectivity index (χ4v) is 2.76. The summed E-state index contributed by atoms with van der Waals surface area (Å²) in [6.45, 7) is 0.188. The van der Waals surface area contributed by atoms with Crippen LogP contribution in [0.2, 0.25) is 5.02 Å². The first-order valence-corrected chi connectivity index (χ1v) is 8.13. The van der Waals surface area contributed by atoms with Gasteiger partial charge >= 0.3 is 0 Å². The largest absolute Gasteiger partial charge is 0.333 e. The van der Waals surface area contributed by atoms with E-state index in [1.807, 2.05) is 30.3 Å². The summed E-state index contributed by atoms with van der Waals surface area (Å²) in [5.74, 6) is -0.507. The van der Waals surface area contributed by atoms with E-state index in [2.05, 4.69) is 11.4 Å². The Morgan fingerprint density at radius 1 is 1.15 bits per heavy atom. The lowest BCUT2D eigenvalue weighted by atomic mass is 10.1. The molecule has 0 bridgehead atoms. The molecule has 1 heterocycles. The summed E-state index contributed by atoms with van der Waals surface area (Å²) in [4.78, 5) is 12.4. The van der Waals surface area contributed by atoms with E-state index in [9.17, 15) is 10.1 Å². The number of para-hydroxylation sites is 1. The first-order chi connectivity index (χ1) is 12.6. The lowest BCUT2D eigenvalue weighted by molar-refractivity contribution is -0.112. The Morgan fingerprint density at radius 2 is 1.88 bits per heavy atom. The summed E-state index contributed by atoms with van der Waals surface area (Å²) in [7, 11) is 0. The van der Waals surface area contributed by atoms with Gasteiger partial charge in [-0.05, 0) is 36.4 Å². The van der Waals surface area contributed by atoms with Crippen molar-refractivity contribution in [1.82, 2.24) is 4.57 Å². The van der Waals surface area contributed by atoms with Gasteiger partial charge in [0.05, 0.1) is 6.07 Å². The van der Waals surface area contributed by atoms with Crippen LogP contribution in [-0.2, 0) is 11.3 Å². The molecule has 3 aromatic rings. The number of hydrogen-bond acceptors (Lipinski definition) is 3. The Bertz CT molecular complexity index is 1080. The summed E-state index contributed by atoms with van der Waals surface area (Å²) < 4.78 is 1.78. The molecule has 0 aliphatic heterocycles. The molecule has 1 aromatic heterocycles. The molecule has 0 unspecified atom stereocenters. The molecule has 26 heavy (non-hydrogen) atoms. The number of nitrogens with zero attached hydrogens (tertiary/aromatic N) is 3. The molecule has 1 N–H and O–H groups in total. The molecular formula is C20H13ClN4O. The van der Waals surface area contributed by atoms with E-state index in [1.165, 1.54) is 6.08 Å². The van der Waals surface area contributed by atoms with Gasteiger partial charge in [-0.1, -0.05) is 29.8 Å². The van der Waals surface area contributed by atoms with Gasteiger partial charge < -0.3 is 9.88 Å². The van der Waals surface area contributed by atoms with Crippen molar-refractivity contribution < 1.29 is 4.79 Å². The van der Waals surface area contributed by atoms with Crippen molar-refractivity contribution in [3.63, 3.8) is 0 Å². The van der Waals surface area contributed by atoms with Gasteiger partial charge in [-0.15, -0.1) is 0 Å². The Balaban J connectivity index is 1.95. The molecule has 0 saturated heterocycles. The third-order valence-electron chi connectivity index (χ3n) is 3.83. The number of amides is 1. The fraction of sp³-hybridized carbons (Fsp3) is 0.0500. The zero-order valence-electron chi connectivity index (χ0n) is 13.6. The Labute approximate surface area is 155 Å². The number of fused-ring (bicyclic) bond motifs is 1. The molecule has 0 atom stereocenters. The first-order valence-electron chi connectivity index (χ1n) is 7.76. The number of carbonyl (C=O) groups excluding carboxylic acids is 1. The molecule has 126 valence electrons. The van der Waals surface area contributed by atoms with E-state index >= 15 is 0 Å². The molecule has 5 nitrogen and oxygen atoms in total. The first kappa shape index (κ1) is 17.3. The molecular weight excluding hydrogens is 348 g/mol. The minimum absolute atomic E-state index is 0.0280. The SMILES string of the molecule is N#CCn1cc(/C=C(/C#N)C(=O)Nc2ccc(Cl)cc2)c2ccccc21. The lowest BCUT2D eigenvalue weighted by Crippen LogP contribution is -2.13. The highest BCUT2D eigenvalue weighted by Gasteiger charge is 2.12. The van der Waals surface area contributed by atoms with Crippen molar-refractivity contribution in [2.45, 2.75) is 6.54 Å². The lowest BCUT2D eigenvalue weighted by Gasteiger charge is -2.04. The Morgan fingerprint density at radius 3 is 2.58 bits per heavy atom. The summed E-state index contributed by atoms with van der Waals surface area (Å²) in [5, 5.41) is 22.5. The van der Waals surface area contributed by atoms with Crippen molar-refractivity contribution >= 4 is 40.2 Å². The van der Waals surface area contributed by atoms with Crippen LogP contribution in [-0.4, -0.2) is 10.5 Å². The zero-order valence-corrected chi connectivity index (χ0v) is 14.4. The quantitative estimate of drug-likeness (QED) is 0.554. The predicted molar refractivity (Wildman–Crippen MR) is 101 cm³/mol. The highest BCUT2D eigenvalue weighted by Crippen LogP contribution is 2.24. The van der Waals surface area contributed by atoms with E-state index in [4.69, 9.17) is 16.9 Å². The standard InChI is InChI=1S/C20H13ClN4O/c21-16-5-7-17(8-6-16)24-20(26)14(12-23)11-15-13-25(10-9-22)19-4-2-1-3-18(15)19/h1-8,11,13H,10H2,(H,24,26)/b14-11-.